The largest absolute Gasteiger partial charge is 0.479 e. The lowest BCUT2D eigenvalue weighted by molar-refractivity contribution is -0.199. The van der Waals surface area contributed by atoms with Crippen LogP contribution in [0.15, 0.2) is 24.3 Å². The van der Waals surface area contributed by atoms with E-state index in [1.807, 2.05) is 0 Å². The second-order valence-corrected chi connectivity index (χ2v) is 4.06. The van der Waals surface area contributed by atoms with E-state index in [9.17, 15) is 13.2 Å². The van der Waals surface area contributed by atoms with E-state index in [1.165, 1.54) is 19.1 Å². The van der Waals surface area contributed by atoms with Gasteiger partial charge in [0.1, 0.15) is 5.75 Å². The molecule has 6 heteroatoms. The van der Waals surface area contributed by atoms with Crippen molar-refractivity contribution in [3.05, 3.63) is 29.8 Å². The van der Waals surface area contributed by atoms with Crippen LogP contribution < -0.4 is 10.5 Å². The van der Waals surface area contributed by atoms with Crippen molar-refractivity contribution in [2.45, 2.75) is 31.7 Å². The molecule has 0 radical (unpaired) electrons. The van der Waals surface area contributed by atoms with Crippen LogP contribution in [0.1, 0.15) is 12.5 Å². The van der Waals surface area contributed by atoms with Crippen molar-refractivity contribution in [2.24, 2.45) is 5.73 Å². The van der Waals surface area contributed by atoms with E-state index in [1.54, 1.807) is 12.1 Å². The molecule has 0 aliphatic rings. The van der Waals surface area contributed by atoms with E-state index < -0.39 is 18.3 Å². The lowest BCUT2D eigenvalue weighted by atomic mass is 10.1. The number of aliphatic hydroxyl groups is 1. The molecule has 0 aromatic heterocycles. The van der Waals surface area contributed by atoms with Crippen molar-refractivity contribution in [2.75, 3.05) is 6.61 Å². The van der Waals surface area contributed by atoms with Crippen molar-refractivity contribution in [1.29, 1.82) is 0 Å². The van der Waals surface area contributed by atoms with Crippen molar-refractivity contribution >= 4 is 0 Å². The van der Waals surface area contributed by atoms with Gasteiger partial charge in [0.15, 0.2) is 0 Å². The zero-order valence-electron chi connectivity index (χ0n) is 9.95. The van der Waals surface area contributed by atoms with Gasteiger partial charge in [-0.25, -0.2) is 0 Å². The van der Waals surface area contributed by atoms with Crippen LogP contribution in [-0.4, -0.2) is 30.0 Å². The lowest BCUT2D eigenvalue weighted by Crippen LogP contribution is -2.47. The standard InChI is InChI=1S/C12H16F3NO2/c1-8(16)11(12(13,14)15)18-10-4-2-9(3-5-10)6-7-17/h2-5,8,11,17H,6-7,16H2,1H3. The van der Waals surface area contributed by atoms with E-state index in [0.29, 0.717) is 6.42 Å². The Balaban J connectivity index is 2.76. The van der Waals surface area contributed by atoms with Crippen LogP contribution in [0.3, 0.4) is 0 Å². The molecule has 1 aromatic rings. The third-order valence-corrected chi connectivity index (χ3v) is 2.39. The van der Waals surface area contributed by atoms with Gasteiger partial charge in [0.05, 0.1) is 0 Å². The third-order valence-electron chi connectivity index (χ3n) is 2.39. The van der Waals surface area contributed by atoms with E-state index in [2.05, 4.69) is 0 Å². The molecule has 0 amide bonds. The monoisotopic (exact) mass is 263 g/mol. The molecule has 1 rings (SSSR count). The summed E-state index contributed by atoms with van der Waals surface area (Å²) in [5.74, 6) is 0.108. The Kier molecular flexibility index (Phi) is 4.98. The first-order valence-electron chi connectivity index (χ1n) is 5.53. The molecule has 0 heterocycles. The first-order chi connectivity index (χ1) is 8.34. The molecule has 3 N–H and O–H groups in total. The number of benzene rings is 1. The van der Waals surface area contributed by atoms with Gasteiger partial charge in [-0.2, -0.15) is 13.2 Å². The van der Waals surface area contributed by atoms with Gasteiger partial charge in [0.25, 0.3) is 0 Å². The molecule has 0 saturated carbocycles. The number of alkyl halides is 3. The molecule has 0 spiro atoms. The molecule has 18 heavy (non-hydrogen) atoms. The van der Waals surface area contributed by atoms with Gasteiger partial charge >= 0.3 is 6.18 Å². The predicted octanol–water partition coefficient (Wildman–Crippen LogP) is 1.88. The van der Waals surface area contributed by atoms with E-state index in [0.717, 1.165) is 5.56 Å². The minimum Gasteiger partial charge on any atom is -0.479 e. The molecule has 0 saturated heterocycles. The molecule has 2 atom stereocenters. The first kappa shape index (κ1) is 14.8. The van der Waals surface area contributed by atoms with Crippen LogP contribution in [0.2, 0.25) is 0 Å². The molecule has 3 nitrogen and oxygen atoms in total. The van der Waals surface area contributed by atoms with Gasteiger partial charge in [0, 0.05) is 12.6 Å². The zero-order valence-corrected chi connectivity index (χ0v) is 9.95. The molecular weight excluding hydrogens is 247 g/mol. The summed E-state index contributed by atoms with van der Waals surface area (Å²) in [6.45, 7) is 1.24. The molecule has 0 bridgehead atoms. The average molecular weight is 263 g/mol. The predicted molar refractivity (Wildman–Crippen MR) is 61.4 cm³/mol. The maximum absolute atomic E-state index is 12.6. The van der Waals surface area contributed by atoms with Crippen molar-refractivity contribution in [3.63, 3.8) is 0 Å². The number of halogens is 3. The van der Waals surface area contributed by atoms with Crippen molar-refractivity contribution in [1.82, 2.24) is 0 Å². The average Bonchev–Trinajstić information content (AvgIpc) is 2.26. The van der Waals surface area contributed by atoms with E-state index in [-0.39, 0.29) is 12.4 Å². The van der Waals surface area contributed by atoms with Crippen LogP contribution in [0.5, 0.6) is 5.75 Å². The van der Waals surface area contributed by atoms with Gasteiger partial charge in [-0.1, -0.05) is 12.1 Å². The fourth-order valence-electron chi connectivity index (χ4n) is 1.48. The Morgan fingerprint density at radius 1 is 1.28 bits per heavy atom. The highest BCUT2D eigenvalue weighted by atomic mass is 19.4. The summed E-state index contributed by atoms with van der Waals surface area (Å²) in [6.07, 6.45) is -6.07. The minimum atomic E-state index is -4.50. The number of nitrogens with two attached hydrogens (primary N) is 1. The van der Waals surface area contributed by atoms with Crippen molar-refractivity contribution < 1.29 is 23.0 Å². The third kappa shape index (κ3) is 4.19. The van der Waals surface area contributed by atoms with Crippen molar-refractivity contribution in [3.8, 4) is 5.75 Å². The summed E-state index contributed by atoms with van der Waals surface area (Å²) >= 11 is 0. The second-order valence-electron chi connectivity index (χ2n) is 4.06. The number of aliphatic hydroxyl groups excluding tert-OH is 1. The maximum Gasteiger partial charge on any atom is 0.426 e. The van der Waals surface area contributed by atoms with Gasteiger partial charge in [-0.3, -0.25) is 0 Å². The molecule has 1 aromatic carbocycles. The lowest BCUT2D eigenvalue weighted by Gasteiger charge is -2.24. The molecule has 0 aliphatic carbocycles. The van der Waals surface area contributed by atoms with Gasteiger partial charge in [-0.05, 0) is 31.0 Å². The second kappa shape index (κ2) is 6.06. The summed E-state index contributed by atoms with van der Waals surface area (Å²) in [7, 11) is 0. The highest BCUT2D eigenvalue weighted by molar-refractivity contribution is 5.27. The summed E-state index contributed by atoms with van der Waals surface area (Å²) in [5.41, 5.74) is 6.10. The van der Waals surface area contributed by atoms with E-state index >= 15 is 0 Å². The normalized spacial score (nSPS) is 15.2. The quantitative estimate of drug-likeness (QED) is 0.852. The summed E-state index contributed by atoms with van der Waals surface area (Å²) < 4.78 is 42.7. The van der Waals surface area contributed by atoms with Crippen LogP contribution in [-0.2, 0) is 6.42 Å². The summed E-state index contributed by atoms with van der Waals surface area (Å²) in [4.78, 5) is 0. The van der Waals surface area contributed by atoms with Crippen LogP contribution >= 0.6 is 0 Å². The topological polar surface area (TPSA) is 55.5 Å². The first-order valence-corrected chi connectivity index (χ1v) is 5.53. The zero-order chi connectivity index (χ0) is 13.8. The Hall–Kier alpha value is -1.27. The fourth-order valence-corrected chi connectivity index (χ4v) is 1.48. The number of hydrogen-bond acceptors (Lipinski definition) is 3. The molecule has 0 aliphatic heterocycles. The molecule has 0 fully saturated rings. The smallest absolute Gasteiger partial charge is 0.426 e. The Labute approximate surface area is 103 Å². The van der Waals surface area contributed by atoms with Crippen LogP contribution in [0.4, 0.5) is 13.2 Å². The highest BCUT2D eigenvalue weighted by Crippen LogP contribution is 2.27. The maximum atomic E-state index is 12.6. The number of ether oxygens (including phenoxy) is 1. The number of hydrogen-bond donors (Lipinski definition) is 2. The summed E-state index contributed by atoms with van der Waals surface area (Å²) in [6, 6.07) is 4.94. The van der Waals surface area contributed by atoms with Crippen LogP contribution in [0.25, 0.3) is 0 Å². The molecular formula is C12H16F3NO2. The SMILES string of the molecule is CC(N)C(Oc1ccc(CCO)cc1)C(F)(F)F. The Morgan fingerprint density at radius 2 is 1.83 bits per heavy atom. The van der Waals surface area contributed by atoms with Crippen LogP contribution in [0, 0.1) is 0 Å². The Bertz CT molecular complexity index is 363. The van der Waals surface area contributed by atoms with Gasteiger partial charge < -0.3 is 15.6 Å². The number of rotatable bonds is 5. The Morgan fingerprint density at radius 3 is 2.22 bits per heavy atom. The minimum absolute atomic E-state index is 0.00872. The van der Waals surface area contributed by atoms with Gasteiger partial charge in [-0.15, -0.1) is 0 Å². The molecule has 102 valence electrons. The fraction of sp³-hybridized carbons (Fsp3) is 0.500. The summed E-state index contributed by atoms with van der Waals surface area (Å²) in [5, 5.41) is 8.72. The van der Waals surface area contributed by atoms with E-state index in [4.69, 9.17) is 15.6 Å². The highest BCUT2D eigenvalue weighted by Gasteiger charge is 2.44. The van der Waals surface area contributed by atoms with Gasteiger partial charge in [0.2, 0.25) is 6.10 Å². The molecule has 2 unspecified atom stereocenters.